The Bertz CT molecular complexity index is 510. The number of aliphatic hydroxyl groups excluding tert-OH is 1. The van der Waals surface area contributed by atoms with Gasteiger partial charge in [0.05, 0.1) is 23.1 Å². The van der Waals surface area contributed by atoms with Crippen molar-refractivity contribution in [1.82, 2.24) is 5.32 Å². The van der Waals surface area contributed by atoms with Gasteiger partial charge in [-0.1, -0.05) is 12.1 Å². The summed E-state index contributed by atoms with van der Waals surface area (Å²) in [5.41, 5.74) is 0.286. The maximum Gasteiger partial charge on any atom is 0.276 e. The molecule has 1 aromatic rings. The number of ether oxygens (including phenoxy) is 1. The van der Waals surface area contributed by atoms with Crippen LogP contribution in [0.15, 0.2) is 30.3 Å². The second-order valence-corrected chi connectivity index (χ2v) is 4.32. The van der Waals surface area contributed by atoms with Crippen LogP contribution >= 0.6 is 0 Å². The zero-order chi connectivity index (χ0) is 15.7. The van der Waals surface area contributed by atoms with Crippen molar-refractivity contribution in [2.24, 2.45) is 0 Å². The van der Waals surface area contributed by atoms with Gasteiger partial charge >= 0.3 is 0 Å². The third-order valence-corrected chi connectivity index (χ3v) is 2.74. The zero-order valence-corrected chi connectivity index (χ0v) is 11.7. The number of para-hydroxylation sites is 1. The Kier molecular flexibility index (Phi) is 7.06. The van der Waals surface area contributed by atoms with E-state index >= 15 is 0 Å². The molecular formula is C14H18N2O5. The van der Waals surface area contributed by atoms with Crippen molar-refractivity contribution in [3.8, 4) is 0 Å². The number of carbonyl (C=O) groups is 1. The lowest BCUT2D eigenvalue weighted by Crippen LogP contribution is -2.37. The number of hydrogen-bond donors (Lipinski definition) is 2. The fraction of sp³-hybridized carbons (Fsp3) is 0.357. The first-order valence-corrected chi connectivity index (χ1v) is 6.40. The number of nitro benzene ring substituents is 1. The number of benzene rings is 1. The highest BCUT2D eigenvalue weighted by atomic mass is 16.6. The van der Waals surface area contributed by atoms with Crippen LogP contribution in [0.1, 0.15) is 12.0 Å². The number of nitrogens with zero attached hydrogens (tertiary/aromatic N) is 1. The molecule has 114 valence electrons. The van der Waals surface area contributed by atoms with Crippen LogP contribution in [0.5, 0.6) is 0 Å². The molecule has 21 heavy (non-hydrogen) atoms. The summed E-state index contributed by atoms with van der Waals surface area (Å²) in [5, 5.41) is 22.4. The summed E-state index contributed by atoms with van der Waals surface area (Å²) in [5.74, 6) is -0.399. The topological polar surface area (TPSA) is 102 Å². The summed E-state index contributed by atoms with van der Waals surface area (Å²) < 4.78 is 4.93. The third-order valence-electron chi connectivity index (χ3n) is 2.74. The SMILES string of the molecule is COCC(CCO)NC(=O)/C=C/c1ccccc1[N+](=O)[O-]. The molecule has 2 N–H and O–H groups in total. The van der Waals surface area contributed by atoms with E-state index in [1.165, 1.54) is 25.3 Å². The van der Waals surface area contributed by atoms with Gasteiger partial charge in [0, 0.05) is 25.9 Å². The second kappa shape index (κ2) is 8.83. The monoisotopic (exact) mass is 294 g/mol. The van der Waals surface area contributed by atoms with Crippen LogP contribution in [-0.2, 0) is 9.53 Å². The first kappa shape index (κ1) is 16.8. The lowest BCUT2D eigenvalue weighted by Gasteiger charge is -2.15. The number of rotatable bonds is 8. The average Bonchev–Trinajstić information content (AvgIpc) is 2.46. The van der Waals surface area contributed by atoms with Crippen molar-refractivity contribution in [2.75, 3.05) is 20.3 Å². The molecule has 0 fully saturated rings. The minimum atomic E-state index is -0.503. The summed E-state index contributed by atoms with van der Waals surface area (Å²) in [6.07, 6.45) is 2.98. The summed E-state index contributed by atoms with van der Waals surface area (Å²) in [7, 11) is 1.50. The molecule has 0 aliphatic heterocycles. The minimum absolute atomic E-state index is 0.0645. The summed E-state index contributed by atoms with van der Waals surface area (Å²) in [4.78, 5) is 22.1. The molecule has 0 aliphatic carbocycles. The molecule has 0 saturated carbocycles. The number of amides is 1. The number of carbonyl (C=O) groups excluding carboxylic acids is 1. The maximum atomic E-state index is 11.8. The standard InChI is InChI=1S/C14H18N2O5/c1-21-10-12(8-9-17)15-14(18)7-6-11-4-2-3-5-13(11)16(19)20/h2-7,12,17H,8-10H2,1H3,(H,15,18)/b7-6+. The van der Waals surface area contributed by atoms with E-state index in [1.54, 1.807) is 18.2 Å². The molecule has 7 heteroatoms. The normalized spacial score (nSPS) is 12.3. The van der Waals surface area contributed by atoms with E-state index in [0.29, 0.717) is 12.0 Å². The summed E-state index contributed by atoms with van der Waals surface area (Å²) in [6, 6.07) is 5.84. The predicted octanol–water partition coefficient (Wildman–Crippen LogP) is 1.12. The van der Waals surface area contributed by atoms with Crippen molar-refractivity contribution in [3.63, 3.8) is 0 Å². The first-order valence-electron chi connectivity index (χ1n) is 6.40. The second-order valence-electron chi connectivity index (χ2n) is 4.32. The minimum Gasteiger partial charge on any atom is -0.396 e. The molecule has 1 rings (SSSR count). The van der Waals surface area contributed by atoms with Crippen molar-refractivity contribution in [3.05, 3.63) is 46.0 Å². The van der Waals surface area contributed by atoms with Crippen LogP contribution < -0.4 is 5.32 Å². The van der Waals surface area contributed by atoms with E-state index in [9.17, 15) is 14.9 Å². The van der Waals surface area contributed by atoms with Gasteiger partial charge in [0.25, 0.3) is 5.69 Å². The van der Waals surface area contributed by atoms with E-state index in [-0.39, 0.29) is 24.9 Å². The Labute approximate surface area is 122 Å². The van der Waals surface area contributed by atoms with E-state index in [2.05, 4.69) is 5.32 Å². The first-order chi connectivity index (χ1) is 10.1. The van der Waals surface area contributed by atoms with Gasteiger partial charge in [0.1, 0.15) is 0 Å². The van der Waals surface area contributed by atoms with Gasteiger partial charge in [-0.25, -0.2) is 0 Å². The van der Waals surface area contributed by atoms with E-state index in [0.717, 1.165) is 0 Å². The quantitative estimate of drug-likeness (QED) is 0.425. The van der Waals surface area contributed by atoms with Gasteiger partial charge in [-0.3, -0.25) is 14.9 Å². The Morgan fingerprint density at radius 3 is 2.86 bits per heavy atom. The van der Waals surface area contributed by atoms with Crippen LogP contribution in [0.4, 0.5) is 5.69 Å². The molecule has 7 nitrogen and oxygen atoms in total. The molecule has 1 atom stereocenters. The van der Waals surface area contributed by atoms with Gasteiger partial charge in [0.2, 0.25) is 5.91 Å². The largest absolute Gasteiger partial charge is 0.396 e. The molecule has 0 saturated heterocycles. The maximum absolute atomic E-state index is 11.8. The Morgan fingerprint density at radius 2 is 2.24 bits per heavy atom. The molecule has 0 aliphatic rings. The molecule has 0 bridgehead atoms. The van der Waals surface area contributed by atoms with E-state index < -0.39 is 10.8 Å². The zero-order valence-electron chi connectivity index (χ0n) is 11.7. The number of nitrogens with one attached hydrogen (secondary N) is 1. The lowest BCUT2D eigenvalue weighted by atomic mass is 10.1. The fourth-order valence-corrected chi connectivity index (χ4v) is 1.76. The van der Waals surface area contributed by atoms with Crippen LogP contribution in [0.3, 0.4) is 0 Å². The molecule has 1 aromatic carbocycles. The van der Waals surface area contributed by atoms with Gasteiger partial charge < -0.3 is 15.2 Å². The highest BCUT2D eigenvalue weighted by molar-refractivity contribution is 5.92. The van der Waals surface area contributed by atoms with Gasteiger partial charge in [-0.15, -0.1) is 0 Å². The molecule has 0 heterocycles. The molecule has 0 aromatic heterocycles. The van der Waals surface area contributed by atoms with E-state index in [4.69, 9.17) is 9.84 Å². The van der Waals surface area contributed by atoms with Gasteiger partial charge in [-0.2, -0.15) is 0 Å². The molecule has 1 amide bonds. The number of hydrogen-bond acceptors (Lipinski definition) is 5. The Morgan fingerprint density at radius 1 is 1.52 bits per heavy atom. The molecule has 0 spiro atoms. The van der Waals surface area contributed by atoms with Crippen molar-refractivity contribution < 1.29 is 19.6 Å². The lowest BCUT2D eigenvalue weighted by molar-refractivity contribution is -0.385. The Hall–Kier alpha value is -2.25. The smallest absolute Gasteiger partial charge is 0.276 e. The fourth-order valence-electron chi connectivity index (χ4n) is 1.76. The summed E-state index contributed by atoms with van der Waals surface area (Å²) in [6.45, 7) is 0.216. The van der Waals surface area contributed by atoms with Crippen molar-refractivity contribution >= 4 is 17.7 Å². The number of methoxy groups -OCH3 is 1. The van der Waals surface area contributed by atoms with Gasteiger partial charge in [0.15, 0.2) is 0 Å². The molecular weight excluding hydrogens is 276 g/mol. The van der Waals surface area contributed by atoms with Crippen molar-refractivity contribution in [2.45, 2.75) is 12.5 Å². The highest BCUT2D eigenvalue weighted by Gasteiger charge is 2.12. The summed E-state index contributed by atoms with van der Waals surface area (Å²) >= 11 is 0. The third kappa shape index (κ3) is 5.72. The van der Waals surface area contributed by atoms with Crippen molar-refractivity contribution in [1.29, 1.82) is 0 Å². The van der Waals surface area contributed by atoms with Gasteiger partial charge in [-0.05, 0) is 18.6 Å². The predicted molar refractivity (Wildman–Crippen MR) is 77.6 cm³/mol. The molecule has 0 radical (unpaired) electrons. The molecule has 1 unspecified atom stereocenters. The Balaban J connectivity index is 2.71. The van der Waals surface area contributed by atoms with Crippen LogP contribution in [0, 0.1) is 10.1 Å². The number of nitro groups is 1. The number of aliphatic hydroxyl groups is 1. The average molecular weight is 294 g/mol. The van der Waals surface area contributed by atoms with Crippen LogP contribution in [0.25, 0.3) is 6.08 Å². The van der Waals surface area contributed by atoms with Crippen LogP contribution in [0.2, 0.25) is 0 Å². The highest BCUT2D eigenvalue weighted by Crippen LogP contribution is 2.18. The van der Waals surface area contributed by atoms with Crippen LogP contribution in [-0.4, -0.2) is 42.3 Å². The van der Waals surface area contributed by atoms with E-state index in [1.807, 2.05) is 0 Å².